The van der Waals surface area contributed by atoms with Crippen LogP contribution in [0.1, 0.15) is 72.4 Å². The number of rotatable bonds is 5. The number of nitrogens with zero attached hydrogens (tertiary/aromatic N) is 1. The predicted octanol–water partition coefficient (Wildman–Crippen LogP) is 7.85. The SMILES string of the molecule is Cc1ccccc1C1C(OC(C)c2cc(C(F)(F)F)cc(C(F)(F)F)c2)CCC2CN(C3=CC(=O)CC3)CC21. The highest BCUT2D eigenvalue weighted by atomic mass is 19.4. The van der Waals surface area contributed by atoms with E-state index in [-0.39, 0.29) is 35.4 Å². The summed E-state index contributed by atoms with van der Waals surface area (Å²) in [5.41, 5.74) is 0.373. The van der Waals surface area contributed by atoms with Gasteiger partial charge in [0.05, 0.1) is 23.3 Å². The highest BCUT2D eigenvalue weighted by Crippen LogP contribution is 2.49. The van der Waals surface area contributed by atoms with E-state index < -0.39 is 29.6 Å². The van der Waals surface area contributed by atoms with Crippen LogP contribution in [0.2, 0.25) is 0 Å². The molecule has 3 nitrogen and oxygen atoms in total. The first-order chi connectivity index (χ1) is 18.3. The zero-order valence-electron chi connectivity index (χ0n) is 21.8. The summed E-state index contributed by atoms with van der Waals surface area (Å²) in [5, 5.41) is 0. The summed E-state index contributed by atoms with van der Waals surface area (Å²) in [5.74, 6) is 0.584. The molecule has 1 heterocycles. The smallest absolute Gasteiger partial charge is 0.374 e. The molecule has 5 unspecified atom stereocenters. The van der Waals surface area contributed by atoms with Crippen LogP contribution in [0.5, 0.6) is 0 Å². The summed E-state index contributed by atoms with van der Waals surface area (Å²) in [4.78, 5) is 14.1. The first kappa shape index (κ1) is 27.7. The maximum atomic E-state index is 13.5. The Morgan fingerprint density at radius 3 is 2.18 bits per heavy atom. The minimum Gasteiger partial charge on any atom is -0.374 e. The molecule has 9 heteroatoms. The fourth-order valence-electron chi connectivity index (χ4n) is 6.61. The third-order valence-electron chi connectivity index (χ3n) is 8.54. The molecule has 1 saturated carbocycles. The Kier molecular flexibility index (Phi) is 7.33. The minimum absolute atomic E-state index is 0.0806. The van der Waals surface area contributed by atoms with Gasteiger partial charge in [-0.1, -0.05) is 24.3 Å². The van der Waals surface area contributed by atoms with Crippen LogP contribution < -0.4 is 0 Å². The number of ether oxygens (including phenoxy) is 1. The van der Waals surface area contributed by atoms with Gasteiger partial charge in [0.25, 0.3) is 0 Å². The van der Waals surface area contributed by atoms with Crippen LogP contribution in [-0.4, -0.2) is 29.9 Å². The molecule has 5 rings (SSSR count). The number of halogens is 6. The lowest BCUT2D eigenvalue weighted by Gasteiger charge is -2.41. The molecule has 0 spiro atoms. The predicted molar refractivity (Wildman–Crippen MR) is 134 cm³/mol. The summed E-state index contributed by atoms with van der Waals surface area (Å²) in [6.45, 7) is 5.09. The van der Waals surface area contributed by atoms with E-state index in [4.69, 9.17) is 4.74 Å². The number of hydrogen-bond acceptors (Lipinski definition) is 3. The van der Waals surface area contributed by atoms with Crippen molar-refractivity contribution in [2.75, 3.05) is 13.1 Å². The van der Waals surface area contributed by atoms with Crippen molar-refractivity contribution >= 4 is 5.78 Å². The van der Waals surface area contributed by atoms with Crippen LogP contribution in [0.3, 0.4) is 0 Å². The Bertz CT molecular complexity index is 1230. The van der Waals surface area contributed by atoms with Crippen LogP contribution in [0, 0.1) is 18.8 Å². The Balaban J connectivity index is 1.46. The van der Waals surface area contributed by atoms with Crippen molar-refractivity contribution in [3.8, 4) is 0 Å². The molecule has 0 radical (unpaired) electrons. The van der Waals surface area contributed by atoms with E-state index >= 15 is 0 Å². The number of allylic oxidation sites excluding steroid dienone is 2. The summed E-state index contributed by atoms with van der Waals surface area (Å²) < 4.78 is 87.3. The van der Waals surface area contributed by atoms with Gasteiger partial charge in [-0.15, -0.1) is 0 Å². The van der Waals surface area contributed by atoms with Gasteiger partial charge >= 0.3 is 12.4 Å². The molecular formula is C30H31F6NO2. The van der Waals surface area contributed by atoms with Gasteiger partial charge in [0, 0.05) is 37.2 Å². The second-order valence-electron chi connectivity index (χ2n) is 11.0. The zero-order chi connectivity index (χ0) is 28.1. The van der Waals surface area contributed by atoms with E-state index in [1.54, 1.807) is 6.08 Å². The van der Waals surface area contributed by atoms with Crippen molar-refractivity contribution in [2.24, 2.45) is 11.8 Å². The lowest BCUT2D eigenvalue weighted by atomic mass is 9.68. The van der Waals surface area contributed by atoms with Crippen LogP contribution in [-0.2, 0) is 21.9 Å². The Hall–Kier alpha value is -2.81. The number of likely N-dealkylation sites (tertiary alicyclic amines) is 1. The third kappa shape index (κ3) is 5.74. The second kappa shape index (κ2) is 10.3. The molecule has 1 aliphatic heterocycles. The summed E-state index contributed by atoms with van der Waals surface area (Å²) in [6, 6.07) is 9.59. The normalized spacial score (nSPS) is 26.5. The van der Waals surface area contributed by atoms with Crippen molar-refractivity contribution in [3.05, 3.63) is 82.1 Å². The van der Waals surface area contributed by atoms with E-state index in [9.17, 15) is 31.1 Å². The molecular weight excluding hydrogens is 520 g/mol. The van der Waals surface area contributed by atoms with Crippen LogP contribution in [0.4, 0.5) is 26.3 Å². The number of aryl methyl sites for hydroxylation is 1. The summed E-state index contributed by atoms with van der Waals surface area (Å²) >= 11 is 0. The van der Waals surface area contributed by atoms with E-state index in [2.05, 4.69) is 4.90 Å². The summed E-state index contributed by atoms with van der Waals surface area (Å²) in [6.07, 6.45) is -6.76. The van der Waals surface area contributed by atoms with Gasteiger partial charge in [-0.3, -0.25) is 4.79 Å². The molecule has 2 aliphatic carbocycles. The number of benzene rings is 2. The number of ketones is 1. The Labute approximate surface area is 223 Å². The Morgan fingerprint density at radius 1 is 0.923 bits per heavy atom. The Morgan fingerprint density at radius 2 is 1.59 bits per heavy atom. The van der Waals surface area contributed by atoms with Gasteiger partial charge in [0.15, 0.2) is 5.78 Å². The van der Waals surface area contributed by atoms with Gasteiger partial charge in [-0.2, -0.15) is 26.3 Å². The maximum absolute atomic E-state index is 13.5. The molecule has 210 valence electrons. The van der Waals surface area contributed by atoms with Gasteiger partial charge in [0.2, 0.25) is 0 Å². The molecule has 39 heavy (non-hydrogen) atoms. The van der Waals surface area contributed by atoms with Gasteiger partial charge in [-0.25, -0.2) is 0 Å². The average Bonchev–Trinajstić information content (AvgIpc) is 3.49. The van der Waals surface area contributed by atoms with Crippen molar-refractivity contribution in [2.45, 2.75) is 70.0 Å². The minimum atomic E-state index is -4.92. The largest absolute Gasteiger partial charge is 0.416 e. The fraction of sp³-hybridized carbons (Fsp3) is 0.500. The first-order valence-electron chi connectivity index (χ1n) is 13.3. The van der Waals surface area contributed by atoms with Gasteiger partial charge in [0.1, 0.15) is 0 Å². The molecule has 0 amide bonds. The maximum Gasteiger partial charge on any atom is 0.416 e. The molecule has 2 aromatic rings. The summed E-state index contributed by atoms with van der Waals surface area (Å²) in [7, 11) is 0. The standard InChI is InChI=1S/C30H31F6NO2/c1-17-5-3-4-6-25(17)28-26-16-37(23-8-9-24(38)14-23)15-19(26)7-10-27(28)39-18(2)20-11-21(29(31,32)33)13-22(12-20)30(34,35)36/h3-6,11-14,18-19,26-28H,7-10,15-16H2,1-2H3. The lowest BCUT2D eigenvalue weighted by Crippen LogP contribution is -2.38. The highest BCUT2D eigenvalue weighted by molar-refractivity contribution is 5.92. The molecule has 5 atom stereocenters. The quantitative estimate of drug-likeness (QED) is 0.355. The van der Waals surface area contributed by atoms with Crippen molar-refractivity contribution in [1.82, 2.24) is 4.90 Å². The van der Waals surface area contributed by atoms with Crippen molar-refractivity contribution in [3.63, 3.8) is 0 Å². The molecule has 2 fully saturated rings. The van der Waals surface area contributed by atoms with E-state index in [0.717, 1.165) is 54.9 Å². The number of alkyl halides is 6. The zero-order valence-corrected chi connectivity index (χ0v) is 21.8. The van der Waals surface area contributed by atoms with E-state index in [1.165, 1.54) is 6.92 Å². The number of hydrogen-bond donors (Lipinski definition) is 0. The molecule has 0 aromatic heterocycles. The van der Waals surface area contributed by atoms with Gasteiger partial charge in [-0.05, 0) is 79.8 Å². The van der Waals surface area contributed by atoms with Gasteiger partial charge < -0.3 is 9.64 Å². The molecule has 2 aromatic carbocycles. The topological polar surface area (TPSA) is 29.5 Å². The molecule has 0 bridgehead atoms. The van der Waals surface area contributed by atoms with Crippen LogP contribution in [0.15, 0.2) is 54.2 Å². The lowest BCUT2D eigenvalue weighted by molar-refractivity contribution is -0.143. The van der Waals surface area contributed by atoms with E-state index in [1.807, 2.05) is 31.2 Å². The molecule has 0 N–H and O–H groups in total. The van der Waals surface area contributed by atoms with E-state index in [0.29, 0.717) is 18.8 Å². The fourth-order valence-corrected chi connectivity index (χ4v) is 6.61. The molecule has 3 aliphatic rings. The van der Waals surface area contributed by atoms with Crippen molar-refractivity contribution in [1.29, 1.82) is 0 Å². The van der Waals surface area contributed by atoms with Crippen molar-refractivity contribution < 1.29 is 35.9 Å². The highest BCUT2D eigenvalue weighted by Gasteiger charge is 2.47. The first-order valence-corrected chi connectivity index (χ1v) is 13.3. The number of fused-ring (bicyclic) bond motifs is 1. The number of carbonyl (C=O) groups excluding carboxylic acids is 1. The van der Waals surface area contributed by atoms with Crippen LogP contribution in [0.25, 0.3) is 0 Å². The second-order valence-corrected chi connectivity index (χ2v) is 11.0. The molecule has 1 saturated heterocycles. The van der Waals surface area contributed by atoms with Crippen LogP contribution >= 0.6 is 0 Å². The average molecular weight is 552 g/mol. The monoisotopic (exact) mass is 551 g/mol. The number of carbonyl (C=O) groups is 1. The third-order valence-corrected chi connectivity index (χ3v) is 8.54.